The van der Waals surface area contributed by atoms with Gasteiger partial charge in [0.2, 0.25) is 0 Å². The van der Waals surface area contributed by atoms with Crippen LogP contribution in [0, 0.1) is 0 Å². The van der Waals surface area contributed by atoms with Gasteiger partial charge in [-0.1, -0.05) is 24.3 Å². The first kappa shape index (κ1) is 15.4. The van der Waals surface area contributed by atoms with E-state index in [1.54, 1.807) is 19.2 Å². The van der Waals surface area contributed by atoms with Crippen molar-refractivity contribution < 1.29 is 9.53 Å². The number of amides is 1. The SMILES string of the molecule is COc1ccc([C@H](C)NC(=O)c2ccc(CCl)cc2)cc1. The number of ether oxygens (including phenoxy) is 1. The lowest BCUT2D eigenvalue weighted by atomic mass is 10.1. The summed E-state index contributed by atoms with van der Waals surface area (Å²) < 4.78 is 5.12. The fourth-order valence-corrected chi connectivity index (χ4v) is 2.18. The number of hydrogen-bond donors (Lipinski definition) is 1. The molecule has 0 saturated heterocycles. The summed E-state index contributed by atoms with van der Waals surface area (Å²) in [6, 6.07) is 14.9. The fraction of sp³-hybridized carbons (Fsp3) is 0.235. The minimum absolute atomic E-state index is 0.0730. The highest BCUT2D eigenvalue weighted by molar-refractivity contribution is 6.17. The topological polar surface area (TPSA) is 38.3 Å². The van der Waals surface area contributed by atoms with E-state index in [1.165, 1.54) is 0 Å². The molecule has 21 heavy (non-hydrogen) atoms. The van der Waals surface area contributed by atoms with Crippen LogP contribution in [-0.4, -0.2) is 13.0 Å². The Balaban J connectivity index is 2.03. The van der Waals surface area contributed by atoms with Crippen molar-refractivity contribution in [2.45, 2.75) is 18.8 Å². The Morgan fingerprint density at radius 2 is 1.76 bits per heavy atom. The van der Waals surface area contributed by atoms with Crippen LogP contribution in [0.25, 0.3) is 0 Å². The van der Waals surface area contributed by atoms with E-state index in [4.69, 9.17) is 16.3 Å². The molecule has 1 amide bonds. The zero-order valence-corrected chi connectivity index (χ0v) is 12.9. The summed E-state index contributed by atoms with van der Waals surface area (Å²) in [7, 11) is 1.63. The van der Waals surface area contributed by atoms with Gasteiger partial charge in [0.05, 0.1) is 13.2 Å². The Morgan fingerprint density at radius 1 is 1.14 bits per heavy atom. The van der Waals surface area contributed by atoms with Gasteiger partial charge < -0.3 is 10.1 Å². The van der Waals surface area contributed by atoms with Crippen LogP contribution in [0.3, 0.4) is 0 Å². The van der Waals surface area contributed by atoms with Crippen LogP contribution in [0.4, 0.5) is 0 Å². The Kier molecular flexibility index (Phi) is 5.23. The summed E-state index contributed by atoms with van der Waals surface area (Å²) in [5, 5.41) is 2.97. The van der Waals surface area contributed by atoms with E-state index in [1.807, 2.05) is 43.3 Å². The van der Waals surface area contributed by atoms with E-state index in [9.17, 15) is 4.79 Å². The molecule has 0 spiro atoms. The Labute approximate surface area is 129 Å². The molecule has 110 valence electrons. The van der Waals surface area contributed by atoms with Gasteiger partial charge >= 0.3 is 0 Å². The third-order valence-corrected chi connectivity index (χ3v) is 3.64. The second-order valence-electron chi connectivity index (χ2n) is 4.80. The molecule has 1 N–H and O–H groups in total. The van der Waals surface area contributed by atoms with Crippen LogP contribution >= 0.6 is 11.6 Å². The van der Waals surface area contributed by atoms with Crippen molar-refractivity contribution in [3.05, 3.63) is 65.2 Å². The molecule has 0 fully saturated rings. The van der Waals surface area contributed by atoms with Crippen molar-refractivity contribution in [3.63, 3.8) is 0 Å². The van der Waals surface area contributed by atoms with Crippen molar-refractivity contribution in [1.82, 2.24) is 5.32 Å². The zero-order chi connectivity index (χ0) is 15.2. The van der Waals surface area contributed by atoms with Crippen LogP contribution in [0.15, 0.2) is 48.5 Å². The van der Waals surface area contributed by atoms with Crippen molar-refractivity contribution >= 4 is 17.5 Å². The highest BCUT2D eigenvalue weighted by Gasteiger charge is 2.11. The number of carbonyl (C=O) groups is 1. The number of hydrogen-bond acceptors (Lipinski definition) is 2. The van der Waals surface area contributed by atoms with Gasteiger partial charge in [-0.2, -0.15) is 0 Å². The molecule has 2 rings (SSSR count). The Hall–Kier alpha value is -2.00. The second kappa shape index (κ2) is 7.14. The lowest BCUT2D eigenvalue weighted by Crippen LogP contribution is -2.26. The van der Waals surface area contributed by atoms with Crippen molar-refractivity contribution in [1.29, 1.82) is 0 Å². The molecule has 0 unspecified atom stereocenters. The number of benzene rings is 2. The van der Waals surface area contributed by atoms with Crippen LogP contribution in [0.1, 0.15) is 34.5 Å². The number of methoxy groups -OCH3 is 1. The summed E-state index contributed by atoms with van der Waals surface area (Å²) in [6.07, 6.45) is 0. The summed E-state index contributed by atoms with van der Waals surface area (Å²) >= 11 is 5.74. The van der Waals surface area contributed by atoms with E-state index >= 15 is 0 Å². The maximum atomic E-state index is 12.2. The van der Waals surface area contributed by atoms with Crippen LogP contribution in [-0.2, 0) is 5.88 Å². The lowest BCUT2D eigenvalue weighted by molar-refractivity contribution is 0.0940. The third-order valence-electron chi connectivity index (χ3n) is 3.33. The summed E-state index contributed by atoms with van der Waals surface area (Å²) in [5.41, 5.74) is 2.65. The van der Waals surface area contributed by atoms with E-state index in [0.29, 0.717) is 11.4 Å². The maximum Gasteiger partial charge on any atom is 0.251 e. The first-order valence-corrected chi connectivity index (χ1v) is 7.27. The summed E-state index contributed by atoms with van der Waals surface area (Å²) in [4.78, 5) is 12.2. The van der Waals surface area contributed by atoms with Crippen molar-refractivity contribution in [3.8, 4) is 5.75 Å². The number of carbonyl (C=O) groups excluding carboxylic acids is 1. The minimum Gasteiger partial charge on any atom is -0.497 e. The molecule has 2 aromatic rings. The van der Waals surface area contributed by atoms with Gasteiger partial charge in [-0.25, -0.2) is 0 Å². The van der Waals surface area contributed by atoms with Gasteiger partial charge in [0.1, 0.15) is 5.75 Å². The number of alkyl halides is 1. The molecule has 2 aromatic carbocycles. The second-order valence-corrected chi connectivity index (χ2v) is 5.07. The fourth-order valence-electron chi connectivity index (χ4n) is 2.00. The van der Waals surface area contributed by atoms with Gasteiger partial charge in [0.15, 0.2) is 0 Å². The third kappa shape index (κ3) is 3.99. The first-order chi connectivity index (χ1) is 10.1. The smallest absolute Gasteiger partial charge is 0.251 e. The molecule has 0 aliphatic heterocycles. The van der Waals surface area contributed by atoms with E-state index in [0.717, 1.165) is 16.9 Å². The molecule has 0 aromatic heterocycles. The largest absolute Gasteiger partial charge is 0.497 e. The molecule has 0 aliphatic carbocycles. The standard InChI is InChI=1S/C17H18ClNO2/c1-12(14-7-9-16(21-2)10-8-14)19-17(20)15-5-3-13(11-18)4-6-15/h3-10,12H,11H2,1-2H3,(H,19,20)/t12-/m0/s1. The molecule has 1 atom stereocenters. The molecular weight excluding hydrogens is 286 g/mol. The number of rotatable bonds is 5. The van der Waals surface area contributed by atoms with Gasteiger partial charge in [-0.05, 0) is 42.3 Å². The average molecular weight is 304 g/mol. The molecule has 0 heterocycles. The van der Waals surface area contributed by atoms with Crippen molar-refractivity contribution in [2.24, 2.45) is 0 Å². The first-order valence-electron chi connectivity index (χ1n) is 6.73. The Bertz CT molecular complexity index is 593. The monoisotopic (exact) mass is 303 g/mol. The van der Waals surface area contributed by atoms with Crippen LogP contribution in [0.2, 0.25) is 0 Å². The van der Waals surface area contributed by atoms with Gasteiger partial charge in [-0.3, -0.25) is 4.79 Å². The average Bonchev–Trinajstić information content (AvgIpc) is 2.55. The van der Waals surface area contributed by atoms with Crippen LogP contribution < -0.4 is 10.1 Å². The van der Waals surface area contributed by atoms with Gasteiger partial charge in [0, 0.05) is 11.4 Å². The molecule has 0 saturated carbocycles. The molecule has 0 radical (unpaired) electrons. The quantitative estimate of drug-likeness (QED) is 0.850. The number of nitrogens with one attached hydrogen (secondary N) is 1. The Morgan fingerprint density at radius 3 is 2.29 bits per heavy atom. The highest BCUT2D eigenvalue weighted by Crippen LogP contribution is 2.18. The van der Waals surface area contributed by atoms with Gasteiger partial charge in [0.25, 0.3) is 5.91 Å². The molecular formula is C17H18ClNO2. The van der Waals surface area contributed by atoms with E-state index in [2.05, 4.69) is 5.32 Å². The lowest BCUT2D eigenvalue weighted by Gasteiger charge is -2.15. The molecule has 4 heteroatoms. The van der Waals surface area contributed by atoms with Crippen molar-refractivity contribution in [2.75, 3.05) is 7.11 Å². The predicted octanol–water partition coefficient (Wildman–Crippen LogP) is 3.93. The number of halogens is 1. The highest BCUT2D eigenvalue weighted by atomic mass is 35.5. The molecule has 0 bridgehead atoms. The van der Waals surface area contributed by atoms with Crippen LogP contribution in [0.5, 0.6) is 5.75 Å². The minimum atomic E-state index is -0.0977. The normalized spacial score (nSPS) is 11.8. The maximum absolute atomic E-state index is 12.2. The molecule has 0 aliphatic rings. The predicted molar refractivity (Wildman–Crippen MR) is 84.9 cm³/mol. The van der Waals surface area contributed by atoms with E-state index < -0.39 is 0 Å². The zero-order valence-electron chi connectivity index (χ0n) is 12.1. The van der Waals surface area contributed by atoms with E-state index in [-0.39, 0.29) is 11.9 Å². The van der Waals surface area contributed by atoms with Gasteiger partial charge in [-0.15, -0.1) is 11.6 Å². The summed E-state index contributed by atoms with van der Waals surface area (Å²) in [6.45, 7) is 1.95. The summed E-state index contributed by atoms with van der Waals surface area (Å²) in [5.74, 6) is 1.15. The molecule has 3 nitrogen and oxygen atoms in total.